The fourth-order valence-electron chi connectivity index (χ4n) is 2.75. The molecular formula is C20H24O10. The fourth-order valence-corrected chi connectivity index (χ4v) is 2.75. The van der Waals surface area contributed by atoms with Crippen LogP contribution in [0, 0.1) is 0 Å². The molecule has 2 fully saturated rings. The van der Waals surface area contributed by atoms with Crippen molar-refractivity contribution in [2.24, 2.45) is 0 Å². The van der Waals surface area contributed by atoms with Crippen molar-refractivity contribution in [2.75, 3.05) is 0 Å². The molecule has 0 saturated carbocycles. The van der Waals surface area contributed by atoms with E-state index in [-0.39, 0.29) is 35.9 Å². The van der Waals surface area contributed by atoms with Crippen molar-refractivity contribution in [3.05, 3.63) is 35.2 Å². The van der Waals surface area contributed by atoms with Crippen LogP contribution in [0.1, 0.15) is 54.4 Å². The van der Waals surface area contributed by atoms with E-state index in [2.05, 4.69) is 0 Å². The zero-order chi connectivity index (χ0) is 22.7. The van der Waals surface area contributed by atoms with Gasteiger partial charge in [-0.1, -0.05) is 13.8 Å². The van der Waals surface area contributed by atoms with E-state index in [1.54, 1.807) is 41.5 Å². The largest absolute Gasteiger partial charge is 0.514 e. The molecule has 0 N–H and O–H groups in total. The number of carbonyl (C=O) groups excluding carboxylic acids is 4. The molecule has 0 bridgehead atoms. The van der Waals surface area contributed by atoms with E-state index in [1.165, 1.54) is 0 Å². The summed E-state index contributed by atoms with van der Waals surface area (Å²) in [6.07, 6.45) is 0.427. The highest BCUT2D eigenvalue weighted by molar-refractivity contribution is 5.92. The molecule has 2 saturated heterocycles. The Morgan fingerprint density at radius 3 is 1.33 bits per heavy atom. The average molecular weight is 424 g/mol. The minimum absolute atomic E-state index is 0.0857. The van der Waals surface area contributed by atoms with E-state index in [4.69, 9.17) is 28.4 Å². The van der Waals surface area contributed by atoms with Gasteiger partial charge in [-0.05, 0) is 27.7 Å². The SMILES string of the molecule is CCC(OC(=O)/C=C/C(=O)OC(CC)=C1OC(=O)OC1(C)C)=C1OC(=O)OC1(C)C. The predicted molar refractivity (Wildman–Crippen MR) is 99.2 cm³/mol. The van der Waals surface area contributed by atoms with Crippen LogP contribution in [0.2, 0.25) is 0 Å². The maximum Gasteiger partial charge on any atom is 0.514 e. The van der Waals surface area contributed by atoms with Crippen molar-refractivity contribution in [3.8, 4) is 0 Å². The molecule has 0 unspecified atom stereocenters. The number of rotatable bonds is 6. The average Bonchev–Trinajstić information content (AvgIpc) is 3.07. The Morgan fingerprint density at radius 1 is 0.767 bits per heavy atom. The molecule has 164 valence electrons. The first-order valence-electron chi connectivity index (χ1n) is 9.30. The fraction of sp³-hybridized carbons (Fsp3) is 0.500. The van der Waals surface area contributed by atoms with Gasteiger partial charge in [-0.25, -0.2) is 19.2 Å². The zero-order valence-electron chi connectivity index (χ0n) is 17.7. The van der Waals surface area contributed by atoms with Gasteiger partial charge in [0.2, 0.25) is 0 Å². The number of carbonyl (C=O) groups is 4. The topological polar surface area (TPSA) is 124 Å². The van der Waals surface area contributed by atoms with E-state index in [0.717, 1.165) is 12.2 Å². The van der Waals surface area contributed by atoms with Gasteiger partial charge >= 0.3 is 24.2 Å². The molecule has 0 amide bonds. The highest BCUT2D eigenvalue weighted by atomic mass is 16.8. The Kier molecular flexibility index (Phi) is 6.59. The molecule has 0 aromatic rings. The number of hydrogen-bond donors (Lipinski definition) is 0. The first-order chi connectivity index (χ1) is 13.9. The lowest BCUT2D eigenvalue weighted by molar-refractivity contribution is -0.137. The zero-order valence-corrected chi connectivity index (χ0v) is 17.7. The summed E-state index contributed by atoms with van der Waals surface area (Å²) in [6.45, 7) is 9.75. The summed E-state index contributed by atoms with van der Waals surface area (Å²) in [7, 11) is 0. The van der Waals surface area contributed by atoms with Gasteiger partial charge in [-0.15, -0.1) is 0 Å². The Hall–Kier alpha value is -3.30. The summed E-state index contributed by atoms with van der Waals surface area (Å²) in [5.41, 5.74) is -2.16. The second-order valence-corrected chi connectivity index (χ2v) is 7.32. The lowest BCUT2D eigenvalue weighted by Gasteiger charge is -2.17. The third-order valence-electron chi connectivity index (χ3n) is 4.09. The second-order valence-electron chi connectivity index (χ2n) is 7.32. The van der Waals surface area contributed by atoms with Gasteiger partial charge in [-0.2, -0.15) is 0 Å². The molecule has 2 heterocycles. The van der Waals surface area contributed by atoms with E-state index < -0.39 is 35.5 Å². The van der Waals surface area contributed by atoms with Crippen molar-refractivity contribution in [2.45, 2.75) is 65.6 Å². The molecule has 0 aromatic heterocycles. The third-order valence-corrected chi connectivity index (χ3v) is 4.09. The van der Waals surface area contributed by atoms with Crippen LogP contribution in [-0.2, 0) is 38.0 Å². The molecule has 0 atom stereocenters. The van der Waals surface area contributed by atoms with E-state index in [0.29, 0.717) is 0 Å². The minimum Gasteiger partial charge on any atom is -0.424 e. The molecule has 0 spiro atoms. The van der Waals surface area contributed by atoms with Crippen molar-refractivity contribution in [1.82, 2.24) is 0 Å². The van der Waals surface area contributed by atoms with Crippen LogP contribution >= 0.6 is 0 Å². The lowest BCUT2D eigenvalue weighted by Crippen LogP contribution is -2.23. The maximum absolute atomic E-state index is 12.1. The van der Waals surface area contributed by atoms with Crippen LogP contribution in [0.15, 0.2) is 35.2 Å². The summed E-state index contributed by atoms with van der Waals surface area (Å²) in [5, 5.41) is 0. The number of esters is 2. The van der Waals surface area contributed by atoms with Gasteiger partial charge in [0.05, 0.1) is 0 Å². The molecule has 0 radical (unpaired) electrons. The van der Waals surface area contributed by atoms with Gasteiger partial charge in [-0.3, -0.25) is 0 Å². The quantitative estimate of drug-likeness (QED) is 0.269. The standard InChI is InChI=1S/C20H24O10/c1-7-11(15-19(3,4)29-17(23)27-15)25-13(21)9-10-14(22)26-12(8-2)16-20(5,6)30-18(24)28-16/h9-10H,7-8H2,1-6H3/b10-9+,15-11?,16-12?. The Bertz CT molecular complexity index is 787. The van der Waals surface area contributed by atoms with Crippen LogP contribution in [-0.4, -0.2) is 35.5 Å². The summed E-state index contributed by atoms with van der Waals surface area (Å²) in [6, 6.07) is 0. The Labute approximate surface area is 173 Å². The van der Waals surface area contributed by atoms with Crippen LogP contribution in [0.5, 0.6) is 0 Å². The number of ether oxygens (including phenoxy) is 6. The highest BCUT2D eigenvalue weighted by Gasteiger charge is 2.43. The first kappa shape index (κ1) is 23.0. The molecule has 10 heteroatoms. The molecule has 2 aliphatic heterocycles. The van der Waals surface area contributed by atoms with Gasteiger partial charge < -0.3 is 28.4 Å². The summed E-state index contributed by atoms with van der Waals surface area (Å²) >= 11 is 0. The van der Waals surface area contributed by atoms with Crippen LogP contribution in [0.4, 0.5) is 9.59 Å². The summed E-state index contributed by atoms with van der Waals surface area (Å²) < 4.78 is 30.3. The normalized spacial score (nSPS) is 22.6. The van der Waals surface area contributed by atoms with Gasteiger partial charge in [0, 0.05) is 25.0 Å². The van der Waals surface area contributed by atoms with Crippen molar-refractivity contribution in [3.63, 3.8) is 0 Å². The van der Waals surface area contributed by atoms with Crippen molar-refractivity contribution < 1.29 is 47.6 Å². The van der Waals surface area contributed by atoms with Crippen LogP contribution < -0.4 is 0 Å². The van der Waals surface area contributed by atoms with E-state index >= 15 is 0 Å². The summed E-state index contributed by atoms with van der Waals surface area (Å²) in [5.74, 6) is -1.39. The van der Waals surface area contributed by atoms with Crippen molar-refractivity contribution in [1.29, 1.82) is 0 Å². The number of hydrogen-bond acceptors (Lipinski definition) is 10. The molecule has 0 aromatic carbocycles. The lowest BCUT2D eigenvalue weighted by atomic mass is 10.1. The minimum atomic E-state index is -1.08. The predicted octanol–water partition coefficient (Wildman–Crippen LogP) is 3.76. The third kappa shape index (κ3) is 5.19. The molecule has 0 aliphatic carbocycles. The van der Waals surface area contributed by atoms with Gasteiger partial charge in [0.15, 0.2) is 34.2 Å². The Morgan fingerprint density at radius 2 is 1.10 bits per heavy atom. The number of allylic oxidation sites excluding steroid dienone is 2. The molecule has 2 rings (SSSR count). The van der Waals surface area contributed by atoms with E-state index in [1.807, 2.05) is 0 Å². The van der Waals surface area contributed by atoms with Gasteiger partial charge in [0.25, 0.3) is 0 Å². The molecule has 30 heavy (non-hydrogen) atoms. The number of cyclic esters (lactones) is 4. The smallest absolute Gasteiger partial charge is 0.424 e. The van der Waals surface area contributed by atoms with Gasteiger partial charge in [0.1, 0.15) is 0 Å². The molecular weight excluding hydrogens is 400 g/mol. The van der Waals surface area contributed by atoms with Crippen LogP contribution in [0.25, 0.3) is 0 Å². The maximum atomic E-state index is 12.1. The molecule has 2 aliphatic rings. The Balaban J connectivity index is 2.08. The first-order valence-corrected chi connectivity index (χ1v) is 9.30. The highest BCUT2D eigenvalue weighted by Crippen LogP contribution is 2.34. The van der Waals surface area contributed by atoms with Crippen molar-refractivity contribution >= 4 is 24.2 Å². The monoisotopic (exact) mass is 424 g/mol. The van der Waals surface area contributed by atoms with Crippen LogP contribution in [0.3, 0.4) is 0 Å². The summed E-state index contributed by atoms with van der Waals surface area (Å²) in [4.78, 5) is 46.9. The molecule has 10 nitrogen and oxygen atoms in total. The second kappa shape index (κ2) is 8.60. The van der Waals surface area contributed by atoms with E-state index in [9.17, 15) is 19.2 Å².